The van der Waals surface area contributed by atoms with Gasteiger partial charge in [-0.25, -0.2) is 13.8 Å². The molecule has 0 unspecified atom stereocenters. The molecular formula is C14H13F2N3. The Labute approximate surface area is 109 Å². The molecule has 3 rings (SSSR count). The number of fused-ring (bicyclic) bond motifs is 1. The number of pyridine rings is 1. The van der Waals surface area contributed by atoms with Gasteiger partial charge in [-0.05, 0) is 35.7 Å². The van der Waals surface area contributed by atoms with Crippen molar-refractivity contribution in [3.05, 3.63) is 53.2 Å². The zero-order chi connectivity index (χ0) is 13.4. The molecule has 5 heteroatoms. The van der Waals surface area contributed by atoms with Gasteiger partial charge in [-0.3, -0.25) is 0 Å². The molecule has 0 saturated heterocycles. The van der Waals surface area contributed by atoms with Crippen molar-refractivity contribution in [1.29, 1.82) is 0 Å². The minimum Gasteiger partial charge on any atom is -0.326 e. The van der Waals surface area contributed by atoms with Gasteiger partial charge in [-0.1, -0.05) is 6.07 Å². The number of hydrogen-bond donors (Lipinski definition) is 1. The van der Waals surface area contributed by atoms with Crippen molar-refractivity contribution >= 4 is 11.5 Å². The van der Waals surface area contributed by atoms with Crippen LogP contribution in [0, 0.1) is 11.6 Å². The summed E-state index contributed by atoms with van der Waals surface area (Å²) in [7, 11) is 0. The second-order valence-corrected chi connectivity index (χ2v) is 4.50. The third kappa shape index (κ3) is 1.96. The number of para-hydroxylation sites is 1. The molecule has 1 aliphatic heterocycles. The van der Waals surface area contributed by atoms with E-state index in [-0.39, 0.29) is 5.69 Å². The van der Waals surface area contributed by atoms with E-state index in [1.165, 1.54) is 18.2 Å². The Balaban J connectivity index is 2.07. The molecule has 1 aromatic heterocycles. The highest BCUT2D eigenvalue weighted by atomic mass is 19.1. The highest BCUT2D eigenvalue weighted by Gasteiger charge is 2.26. The molecular weight excluding hydrogens is 248 g/mol. The van der Waals surface area contributed by atoms with Gasteiger partial charge in [-0.2, -0.15) is 0 Å². The topological polar surface area (TPSA) is 42.1 Å². The van der Waals surface area contributed by atoms with E-state index >= 15 is 0 Å². The van der Waals surface area contributed by atoms with E-state index in [4.69, 9.17) is 5.73 Å². The Morgan fingerprint density at radius 3 is 2.68 bits per heavy atom. The van der Waals surface area contributed by atoms with Gasteiger partial charge in [0.25, 0.3) is 0 Å². The average Bonchev–Trinajstić information content (AvgIpc) is 2.81. The van der Waals surface area contributed by atoms with Crippen molar-refractivity contribution in [2.24, 2.45) is 5.73 Å². The summed E-state index contributed by atoms with van der Waals surface area (Å²) < 4.78 is 27.6. The van der Waals surface area contributed by atoms with E-state index in [0.29, 0.717) is 25.3 Å². The maximum absolute atomic E-state index is 13.8. The van der Waals surface area contributed by atoms with E-state index < -0.39 is 11.6 Å². The lowest BCUT2D eigenvalue weighted by Crippen LogP contribution is -2.17. The van der Waals surface area contributed by atoms with Crippen LogP contribution in [0.5, 0.6) is 0 Å². The number of halogens is 2. The van der Waals surface area contributed by atoms with Crippen LogP contribution in [0.15, 0.2) is 30.5 Å². The zero-order valence-electron chi connectivity index (χ0n) is 10.2. The third-order valence-corrected chi connectivity index (χ3v) is 3.30. The normalized spacial score (nSPS) is 13.7. The SMILES string of the molecule is NCc1cnc2c(c1)CCN2c1c(F)cccc1F. The highest BCUT2D eigenvalue weighted by molar-refractivity contribution is 5.67. The fourth-order valence-electron chi connectivity index (χ4n) is 2.39. The minimum atomic E-state index is -0.572. The molecule has 1 aliphatic rings. The van der Waals surface area contributed by atoms with E-state index in [2.05, 4.69) is 4.98 Å². The lowest BCUT2D eigenvalue weighted by Gasteiger charge is -2.19. The number of nitrogens with zero attached hydrogens (tertiary/aromatic N) is 2. The lowest BCUT2D eigenvalue weighted by molar-refractivity contribution is 0.581. The molecule has 0 atom stereocenters. The van der Waals surface area contributed by atoms with Crippen LogP contribution in [-0.4, -0.2) is 11.5 Å². The summed E-state index contributed by atoms with van der Waals surface area (Å²) in [5.74, 6) is -0.531. The lowest BCUT2D eigenvalue weighted by atomic mass is 10.2. The largest absolute Gasteiger partial charge is 0.326 e. The summed E-state index contributed by atoms with van der Waals surface area (Å²) in [5.41, 5.74) is 7.43. The van der Waals surface area contributed by atoms with Gasteiger partial charge in [0, 0.05) is 19.3 Å². The van der Waals surface area contributed by atoms with Crippen molar-refractivity contribution in [2.75, 3.05) is 11.4 Å². The molecule has 3 nitrogen and oxygen atoms in total. The van der Waals surface area contributed by atoms with Gasteiger partial charge < -0.3 is 10.6 Å². The van der Waals surface area contributed by atoms with Crippen molar-refractivity contribution in [3.63, 3.8) is 0 Å². The average molecular weight is 261 g/mol. The second kappa shape index (κ2) is 4.59. The summed E-state index contributed by atoms with van der Waals surface area (Å²) in [6, 6.07) is 5.81. The van der Waals surface area contributed by atoms with Gasteiger partial charge in [0.2, 0.25) is 0 Å². The Kier molecular flexibility index (Phi) is 2.91. The van der Waals surface area contributed by atoms with E-state index in [1.807, 2.05) is 6.07 Å². The number of benzene rings is 1. The van der Waals surface area contributed by atoms with Crippen molar-refractivity contribution in [1.82, 2.24) is 4.98 Å². The molecule has 0 spiro atoms. The number of aromatic nitrogens is 1. The van der Waals surface area contributed by atoms with Crippen LogP contribution in [-0.2, 0) is 13.0 Å². The van der Waals surface area contributed by atoms with Crippen LogP contribution in [0.1, 0.15) is 11.1 Å². The first-order valence-corrected chi connectivity index (χ1v) is 6.10. The summed E-state index contributed by atoms with van der Waals surface area (Å²) in [5, 5.41) is 0. The summed E-state index contributed by atoms with van der Waals surface area (Å²) in [6.07, 6.45) is 2.36. The fourth-order valence-corrected chi connectivity index (χ4v) is 2.39. The van der Waals surface area contributed by atoms with Crippen LogP contribution in [0.4, 0.5) is 20.3 Å². The molecule has 0 fully saturated rings. The molecule has 98 valence electrons. The molecule has 19 heavy (non-hydrogen) atoms. The molecule has 1 aromatic carbocycles. The standard InChI is InChI=1S/C14H13F2N3/c15-11-2-1-3-12(16)13(11)19-5-4-10-6-9(7-17)8-18-14(10)19/h1-3,6,8H,4-5,7,17H2. The molecule has 0 radical (unpaired) electrons. The fraction of sp³-hybridized carbons (Fsp3) is 0.214. The Morgan fingerprint density at radius 2 is 2.00 bits per heavy atom. The van der Waals surface area contributed by atoms with E-state index in [0.717, 1.165) is 11.1 Å². The van der Waals surface area contributed by atoms with E-state index in [9.17, 15) is 8.78 Å². The first-order chi connectivity index (χ1) is 9.20. The van der Waals surface area contributed by atoms with Crippen LogP contribution >= 0.6 is 0 Å². The molecule has 0 bridgehead atoms. The monoisotopic (exact) mass is 261 g/mol. The highest BCUT2D eigenvalue weighted by Crippen LogP contribution is 2.35. The smallest absolute Gasteiger partial charge is 0.149 e. The summed E-state index contributed by atoms with van der Waals surface area (Å²) >= 11 is 0. The molecule has 0 saturated carbocycles. The van der Waals surface area contributed by atoms with Gasteiger partial charge in [0.15, 0.2) is 0 Å². The van der Waals surface area contributed by atoms with Crippen LogP contribution in [0.3, 0.4) is 0 Å². The van der Waals surface area contributed by atoms with Crippen LogP contribution in [0.2, 0.25) is 0 Å². The molecule has 2 N–H and O–H groups in total. The number of nitrogens with two attached hydrogens (primary N) is 1. The van der Waals surface area contributed by atoms with Gasteiger partial charge >= 0.3 is 0 Å². The number of rotatable bonds is 2. The van der Waals surface area contributed by atoms with Crippen molar-refractivity contribution in [3.8, 4) is 0 Å². The van der Waals surface area contributed by atoms with Crippen LogP contribution in [0.25, 0.3) is 0 Å². The minimum absolute atomic E-state index is 0.0331. The Hall–Kier alpha value is -2.01. The maximum atomic E-state index is 13.8. The number of hydrogen-bond acceptors (Lipinski definition) is 3. The van der Waals surface area contributed by atoms with Gasteiger partial charge in [0.1, 0.15) is 23.1 Å². The maximum Gasteiger partial charge on any atom is 0.149 e. The van der Waals surface area contributed by atoms with Crippen molar-refractivity contribution < 1.29 is 8.78 Å². The molecule has 0 amide bonds. The Bertz CT molecular complexity index is 608. The molecule has 0 aliphatic carbocycles. The summed E-state index contributed by atoms with van der Waals surface area (Å²) in [4.78, 5) is 5.87. The van der Waals surface area contributed by atoms with Crippen molar-refractivity contribution in [2.45, 2.75) is 13.0 Å². The number of anilines is 2. The predicted molar refractivity (Wildman–Crippen MR) is 69.2 cm³/mol. The quantitative estimate of drug-likeness (QED) is 0.903. The van der Waals surface area contributed by atoms with Gasteiger partial charge in [-0.15, -0.1) is 0 Å². The van der Waals surface area contributed by atoms with Gasteiger partial charge in [0.05, 0.1) is 0 Å². The Morgan fingerprint density at radius 1 is 1.26 bits per heavy atom. The summed E-state index contributed by atoms with van der Waals surface area (Å²) in [6.45, 7) is 0.933. The predicted octanol–water partition coefficient (Wildman–Crippen LogP) is 2.51. The zero-order valence-corrected chi connectivity index (χ0v) is 10.2. The first-order valence-electron chi connectivity index (χ1n) is 6.10. The van der Waals surface area contributed by atoms with E-state index in [1.54, 1.807) is 11.1 Å². The third-order valence-electron chi connectivity index (χ3n) is 3.30. The second-order valence-electron chi connectivity index (χ2n) is 4.50. The van der Waals surface area contributed by atoms with Crippen LogP contribution < -0.4 is 10.6 Å². The first kappa shape index (κ1) is 12.0. The molecule has 2 aromatic rings. The molecule has 2 heterocycles.